The van der Waals surface area contributed by atoms with Crippen LogP contribution in [0.25, 0.3) is 0 Å². The number of amides is 3. The molecular formula is C15H25N5O2. The van der Waals surface area contributed by atoms with E-state index in [1.165, 1.54) is 0 Å². The summed E-state index contributed by atoms with van der Waals surface area (Å²) in [5.74, 6) is -0.607. The minimum atomic E-state index is -0.342. The van der Waals surface area contributed by atoms with E-state index < -0.39 is 0 Å². The molecule has 1 aliphatic heterocycles. The van der Waals surface area contributed by atoms with Crippen molar-refractivity contribution in [2.24, 2.45) is 11.7 Å². The van der Waals surface area contributed by atoms with E-state index in [0.29, 0.717) is 12.2 Å². The number of likely N-dealkylation sites (tertiary alicyclic amines) is 1. The zero-order chi connectivity index (χ0) is 16.5. The van der Waals surface area contributed by atoms with Crippen LogP contribution < -0.4 is 11.1 Å². The zero-order valence-electron chi connectivity index (χ0n) is 13.7. The molecule has 2 unspecified atom stereocenters. The summed E-state index contributed by atoms with van der Waals surface area (Å²) in [6.07, 6.45) is 4.95. The first-order chi connectivity index (χ1) is 10.2. The van der Waals surface area contributed by atoms with E-state index >= 15 is 0 Å². The molecule has 1 aliphatic rings. The first kappa shape index (κ1) is 16.3. The number of nitrogens with zero attached hydrogens (tertiary/aromatic N) is 3. The quantitative estimate of drug-likeness (QED) is 0.871. The molecule has 2 heterocycles. The normalized spacial score (nSPS) is 22.5. The van der Waals surface area contributed by atoms with Crippen molar-refractivity contribution >= 4 is 17.6 Å². The summed E-state index contributed by atoms with van der Waals surface area (Å²) >= 11 is 0. The van der Waals surface area contributed by atoms with Gasteiger partial charge in [0.2, 0.25) is 5.91 Å². The van der Waals surface area contributed by atoms with Gasteiger partial charge in [0.05, 0.1) is 23.3 Å². The molecule has 1 aromatic heterocycles. The Morgan fingerprint density at radius 2 is 2.05 bits per heavy atom. The molecule has 7 nitrogen and oxygen atoms in total. The molecule has 0 saturated carbocycles. The van der Waals surface area contributed by atoms with E-state index in [-0.39, 0.29) is 29.4 Å². The summed E-state index contributed by atoms with van der Waals surface area (Å²) in [6.45, 7) is 8.46. The summed E-state index contributed by atoms with van der Waals surface area (Å²) in [6, 6.07) is -0.125. The molecule has 2 atom stereocenters. The fourth-order valence-corrected chi connectivity index (χ4v) is 2.57. The number of anilines is 1. The lowest BCUT2D eigenvalue weighted by Gasteiger charge is -2.36. The van der Waals surface area contributed by atoms with Crippen molar-refractivity contribution < 1.29 is 9.59 Å². The van der Waals surface area contributed by atoms with Crippen molar-refractivity contribution in [2.45, 2.75) is 52.1 Å². The molecule has 122 valence electrons. The second kappa shape index (κ2) is 5.98. The van der Waals surface area contributed by atoms with Crippen LogP contribution in [0.15, 0.2) is 12.4 Å². The summed E-state index contributed by atoms with van der Waals surface area (Å²) in [7, 11) is 0. The van der Waals surface area contributed by atoms with Crippen LogP contribution in [0, 0.1) is 5.92 Å². The minimum absolute atomic E-state index is 0.0910. The highest BCUT2D eigenvalue weighted by Gasteiger charge is 2.31. The fraction of sp³-hybridized carbons (Fsp3) is 0.667. The molecule has 0 radical (unpaired) electrons. The summed E-state index contributed by atoms with van der Waals surface area (Å²) in [5, 5.41) is 7.10. The lowest BCUT2D eigenvalue weighted by molar-refractivity contribution is -0.123. The van der Waals surface area contributed by atoms with Gasteiger partial charge < -0.3 is 16.0 Å². The topological polar surface area (TPSA) is 93.2 Å². The number of hydrogen-bond donors (Lipinski definition) is 2. The largest absolute Gasteiger partial charge is 0.369 e. The first-order valence-electron chi connectivity index (χ1n) is 7.60. The van der Waals surface area contributed by atoms with E-state index in [2.05, 4.69) is 10.4 Å². The van der Waals surface area contributed by atoms with Gasteiger partial charge in [0.15, 0.2) is 0 Å². The highest BCUT2D eigenvalue weighted by atomic mass is 16.2. The number of primary amides is 1. The average Bonchev–Trinajstić information content (AvgIpc) is 2.87. The molecule has 0 aliphatic carbocycles. The van der Waals surface area contributed by atoms with Crippen molar-refractivity contribution in [3.63, 3.8) is 0 Å². The Morgan fingerprint density at radius 1 is 1.36 bits per heavy atom. The van der Waals surface area contributed by atoms with Gasteiger partial charge in [-0.1, -0.05) is 0 Å². The second-order valence-electron chi connectivity index (χ2n) is 6.95. The van der Waals surface area contributed by atoms with Crippen molar-refractivity contribution in [3.05, 3.63) is 12.4 Å². The first-order valence-corrected chi connectivity index (χ1v) is 7.60. The highest BCUT2D eigenvalue weighted by Crippen LogP contribution is 2.23. The maximum absolute atomic E-state index is 12.4. The number of carbonyl (C=O) groups excluding carboxylic acids is 2. The number of piperidine rings is 1. The van der Waals surface area contributed by atoms with Crippen LogP contribution in [-0.2, 0) is 10.3 Å². The van der Waals surface area contributed by atoms with Crippen molar-refractivity contribution in [1.29, 1.82) is 0 Å². The molecule has 0 spiro atoms. The highest BCUT2D eigenvalue weighted by molar-refractivity contribution is 5.90. The molecule has 3 amide bonds. The van der Waals surface area contributed by atoms with Gasteiger partial charge in [0.1, 0.15) is 0 Å². The molecule has 0 aromatic carbocycles. The van der Waals surface area contributed by atoms with Gasteiger partial charge in [-0.3, -0.25) is 9.48 Å². The summed E-state index contributed by atoms with van der Waals surface area (Å²) < 4.78 is 1.80. The molecule has 2 rings (SSSR count). The lowest BCUT2D eigenvalue weighted by Crippen LogP contribution is -2.50. The van der Waals surface area contributed by atoms with E-state index in [9.17, 15) is 9.59 Å². The van der Waals surface area contributed by atoms with Gasteiger partial charge >= 0.3 is 6.03 Å². The van der Waals surface area contributed by atoms with Crippen LogP contribution in [0.2, 0.25) is 0 Å². The van der Waals surface area contributed by atoms with Gasteiger partial charge in [0.25, 0.3) is 0 Å². The third kappa shape index (κ3) is 3.58. The number of nitrogens with two attached hydrogens (primary N) is 1. The number of urea groups is 1. The Bertz CT molecular complexity index is 561. The number of hydrogen-bond acceptors (Lipinski definition) is 3. The maximum atomic E-state index is 12.4. The Labute approximate surface area is 130 Å². The Balaban J connectivity index is 2.04. The van der Waals surface area contributed by atoms with E-state index in [4.69, 9.17) is 5.73 Å². The zero-order valence-corrected chi connectivity index (χ0v) is 13.7. The van der Waals surface area contributed by atoms with Crippen LogP contribution >= 0.6 is 0 Å². The van der Waals surface area contributed by atoms with Gasteiger partial charge in [-0.05, 0) is 40.5 Å². The third-order valence-corrected chi connectivity index (χ3v) is 4.07. The summed E-state index contributed by atoms with van der Waals surface area (Å²) in [4.78, 5) is 25.5. The van der Waals surface area contributed by atoms with Crippen molar-refractivity contribution in [1.82, 2.24) is 14.7 Å². The third-order valence-electron chi connectivity index (χ3n) is 4.07. The average molecular weight is 307 g/mol. The molecule has 7 heteroatoms. The van der Waals surface area contributed by atoms with Crippen LogP contribution in [0.4, 0.5) is 10.5 Å². The molecular weight excluding hydrogens is 282 g/mol. The molecule has 1 fully saturated rings. The van der Waals surface area contributed by atoms with E-state index in [0.717, 1.165) is 12.8 Å². The number of carbonyl (C=O) groups is 2. The Kier molecular flexibility index (Phi) is 4.44. The molecule has 1 saturated heterocycles. The SMILES string of the molecule is CC1CCC(C(N)=O)CN1C(=O)Nc1cnn(C(C)(C)C)c1. The number of rotatable bonds is 2. The smallest absolute Gasteiger partial charge is 0.322 e. The monoisotopic (exact) mass is 307 g/mol. The van der Waals surface area contributed by atoms with Crippen LogP contribution in [0.1, 0.15) is 40.5 Å². The predicted molar refractivity (Wildman–Crippen MR) is 84.3 cm³/mol. The standard InChI is InChI=1S/C15H25N5O2/c1-10-5-6-11(13(16)21)8-19(10)14(22)18-12-7-17-20(9-12)15(2,3)4/h7,9-11H,5-6,8H2,1-4H3,(H2,16,21)(H,18,22). The molecule has 0 bridgehead atoms. The van der Waals surface area contributed by atoms with E-state index in [1.807, 2.05) is 27.7 Å². The molecule has 1 aromatic rings. The van der Waals surface area contributed by atoms with Crippen LogP contribution in [-0.4, -0.2) is 39.2 Å². The van der Waals surface area contributed by atoms with Crippen LogP contribution in [0.3, 0.4) is 0 Å². The van der Waals surface area contributed by atoms with Gasteiger partial charge in [-0.25, -0.2) is 4.79 Å². The van der Waals surface area contributed by atoms with Gasteiger partial charge in [-0.2, -0.15) is 5.10 Å². The van der Waals surface area contributed by atoms with E-state index in [1.54, 1.807) is 22.0 Å². The number of aromatic nitrogens is 2. The van der Waals surface area contributed by atoms with Gasteiger partial charge in [0, 0.05) is 18.8 Å². The second-order valence-corrected chi connectivity index (χ2v) is 6.95. The van der Waals surface area contributed by atoms with Gasteiger partial charge in [-0.15, -0.1) is 0 Å². The Morgan fingerprint density at radius 3 is 2.59 bits per heavy atom. The lowest BCUT2D eigenvalue weighted by atomic mass is 9.93. The van der Waals surface area contributed by atoms with Crippen molar-refractivity contribution in [3.8, 4) is 0 Å². The minimum Gasteiger partial charge on any atom is -0.369 e. The maximum Gasteiger partial charge on any atom is 0.322 e. The van der Waals surface area contributed by atoms with Crippen LogP contribution in [0.5, 0.6) is 0 Å². The summed E-state index contributed by atoms with van der Waals surface area (Å²) in [5.41, 5.74) is 5.87. The van der Waals surface area contributed by atoms with Crippen molar-refractivity contribution in [2.75, 3.05) is 11.9 Å². The molecule has 22 heavy (non-hydrogen) atoms. The predicted octanol–water partition coefficient (Wildman–Crippen LogP) is 1.76. The molecule has 3 N–H and O–H groups in total. The Hall–Kier alpha value is -2.05. The number of nitrogens with one attached hydrogen (secondary N) is 1. The fourth-order valence-electron chi connectivity index (χ4n) is 2.57.